The van der Waals surface area contributed by atoms with E-state index in [0.717, 1.165) is 6.42 Å². The van der Waals surface area contributed by atoms with Gasteiger partial charge in [0.05, 0.1) is 0 Å². The van der Waals surface area contributed by atoms with E-state index in [1.165, 1.54) is 32.7 Å². The van der Waals surface area contributed by atoms with Crippen LogP contribution < -0.4 is 0 Å². The van der Waals surface area contributed by atoms with Crippen molar-refractivity contribution in [2.45, 2.75) is 6.42 Å². The molecule has 0 saturated carbocycles. The van der Waals surface area contributed by atoms with Crippen LogP contribution in [0.3, 0.4) is 0 Å². The van der Waals surface area contributed by atoms with Crippen molar-refractivity contribution in [3.63, 3.8) is 0 Å². The molecule has 0 N–H and O–H groups in total. The molecule has 0 aliphatic heterocycles. The van der Waals surface area contributed by atoms with Crippen LogP contribution in [0, 0.1) is 14.9 Å². The van der Waals surface area contributed by atoms with E-state index in [9.17, 15) is 0 Å². The molecule has 0 unspecified atom stereocenters. The van der Waals surface area contributed by atoms with Gasteiger partial charge in [0.25, 0.3) is 0 Å². The SMILES string of the molecule is C1=Cc2c(c3ccccc3c3ccccc23)C1.[C].[C]. The van der Waals surface area contributed by atoms with Gasteiger partial charge in [-0.1, -0.05) is 60.7 Å². The van der Waals surface area contributed by atoms with E-state index in [4.69, 9.17) is 0 Å². The van der Waals surface area contributed by atoms with E-state index in [2.05, 4.69) is 60.7 Å². The van der Waals surface area contributed by atoms with Gasteiger partial charge in [-0.2, -0.15) is 0 Å². The van der Waals surface area contributed by atoms with Gasteiger partial charge in [-0.15, -0.1) is 0 Å². The van der Waals surface area contributed by atoms with Crippen molar-refractivity contribution in [2.24, 2.45) is 0 Å². The molecule has 0 heteroatoms. The van der Waals surface area contributed by atoms with Gasteiger partial charge in [0.1, 0.15) is 0 Å². The first-order chi connectivity index (χ1) is 8.45. The Balaban J connectivity index is 0.000000667. The van der Waals surface area contributed by atoms with Gasteiger partial charge in [-0.3, -0.25) is 0 Å². The molecule has 0 fully saturated rings. The normalized spacial score (nSPS) is 12.0. The third kappa shape index (κ3) is 1.76. The van der Waals surface area contributed by atoms with Crippen LogP contribution in [0.15, 0.2) is 54.6 Å². The average molecular weight is 240 g/mol. The Morgan fingerprint density at radius 3 is 1.84 bits per heavy atom. The molecular formula is C19H12. The van der Waals surface area contributed by atoms with Gasteiger partial charge < -0.3 is 0 Å². The lowest BCUT2D eigenvalue weighted by atomic mass is 9.93. The molecule has 8 radical (unpaired) electrons. The standard InChI is InChI=1S/C17H12.2C/c1-3-8-14-12(6-1)13-7-2-4-9-15(13)17-11-5-10-16(14)17;;/h1-10H,11H2;;. The van der Waals surface area contributed by atoms with E-state index in [1.807, 2.05) is 0 Å². The van der Waals surface area contributed by atoms with Gasteiger partial charge in [0.2, 0.25) is 0 Å². The van der Waals surface area contributed by atoms with Crippen LogP contribution in [0.1, 0.15) is 11.1 Å². The molecule has 0 atom stereocenters. The number of hydrogen-bond acceptors (Lipinski definition) is 0. The summed E-state index contributed by atoms with van der Waals surface area (Å²) in [5, 5.41) is 5.54. The Morgan fingerprint density at radius 2 is 1.16 bits per heavy atom. The van der Waals surface area contributed by atoms with Crippen LogP contribution in [0.25, 0.3) is 27.6 Å². The lowest BCUT2D eigenvalue weighted by Gasteiger charge is -2.10. The van der Waals surface area contributed by atoms with Crippen molar-refractivity contribution in [3.05, 3.63) is 80.6 Å². The van der Waals surface area contributed by atoms with Crippen molar-refractivity contribution < 1.29 is 0 Å². The average Bonchev–Trinajstić information content (AvgIpc) is 2.89. The van der Waals surface area contributed by atoms with Crippen molar-refractivity contribution in [2.75, 3.05) is 0 Å². The van der Waals surface area contributed by atoms with Crippen molar-refractivity contribution in [3.8, 4) is 0 Å². The zero-order valence-corrected chi connectivity index (χ0v) is 10.5. The summed E-state index contributed by atoms with van der Waals surface area (Å²) in [7, 11) is 0. The number of benzene rings is 3. The van der Waals surface area contributed by atoms with Crippen LogP contribution in [0.4, 0.5) is 0 Å². The van der Waals surface area contributed by atoms with Gasteiger partial charge in [-0.25, -0.2) is 0 Å². The second-order valence-electron chi connectivity index (χ2n) is 4.59. The maximum absolute atomic E-state index is 2.27. The Bertz CT molecular complexity index is 763. The van der Waals surface area contributed by atoms with E-state index in [0.29, 0.717) is 0 Å². The summed E-state index contributed by atoms with van der Waals surface area (Å²) in [5.74, 6) is 0. The minimum absolute atomic E-state index is 0. The molecule has 0 nitrogen and oxygen atoms in total. The molecule has 19 heavy (non-hydrogen) atoms. The van der Waals surface area contributed by atoms with E-state index in [1.54, 1.807) is 0 Å². The first kappa shape index (κ1) is 13.4. The summed E-state index contributed by atoms with van der Waals surface area (Å²) < 4.78 is 0. The van der Waals surface area contributed by atoms with Gasteiger partial charge in [0.15, 0.2) is 0 Å². The summed E-state index contributed by atoms with van der Waals surface area (Å²) in [5.41, 5.74) is 2.90. The Kier molecular flexibility index (Phi) is 3.44. The van der Waals surface area contributed by atoms with Gasteiger partial charge in [0, 0.05) is 14.9 Å². The molecule has 88 valence electrons. The molecule has 0 bridgehead atoms. The largest absolute Gasteiger partial charge is 0.0795 e. The molecular weight excluding hydrogens is 228 g/mol. The lowest BCUT2D eigenvalue weighted by Crippen LogP contribution is -1.88. The fourth-order valence-corrected chi connectivity index (χ4v) is 2.95. The predicted molar refractivity (Wildman–Crippen MR) is 80.7 cm³/mol. The zero-order chi connectivity index (χ0) is 11.2. The molecule has 0 spiro atoms. The Morgan fingerprint density at radius 1 is 0.632 bits per heavy atom. The van der Waals surface area contributed by atoms with E-state index >= 15 is 0 Å². The second kappa shape index (κ2) is 4.89. The minimum Gasteiger partial charge on any atom is -0.0795 e. The summed E-state index contributed by atoms with van der Waals surface area (Å²) >= 11 is 0. The highest BCUT2D eigenvalue weighted by Crippen LogP contribution is 2.36. The molecule has 0 heterocycles. The summed E-state index contributed by atoms with van der Waals surface area (Å²) in [6.45, 7) is 0. The smallest absolute Gasteiger partial charge is 0 e. The highest BCUT2D eigenvalue weighted by atomic mass is 14.2. The van der Waals surface area contributed by atoms with Crippen LogP contribution >= 0.6 is 0 Å². The number of rotatable bonds is 0. The summed E-state index contributed by atoms with van der Waals surface area (Å²) in [6.07, 6.45) is 5.61. The lowest BCUT2D eigenvalue weighted by molar-refractivity contribution is 1.35. The fraction of sp³-hybridized carbons (Fsp3) is 0.0526. The quantitative estimate of drug-likeness (QED) is 0.498. The Labute approximate surface area is 115 Å². The molecule has 1 aliphatic rings. The molecule has 0 amide bonds. The second-order valence-corrected chi connectivity index (χ2v) is 4.59. The maximum Gasteiger partial charge on any atom is 0 e. The first-order valence-corrected chi connectivity index (χ1v) is 6.04. The van der Waals surface area contributed by atoms with Crippen LogP contribution in [0.2, 0.25) is 0 Å². The predicted octanol–water partition coefficient (Wildman–Crippen LogP) is 4.72. The van der Waals surface area contributed by atoms with Crippen LogP contribution in [0.5, 0.6) is 0 Å². The maximum atomic E-state index is 2.27. The van der Waals surface area contributed by atoms with Gasteiger partial charge in [-0.05, 0) is 39.1 Å². The Hall–Kier alpha value is -2.08. The molecule has 3 aromatic rings. The highest BCUT2D eigenvalue weighted by molar-refractivity contribution is 6.13. The van der Waals surface area contributed by atoms with E-state index in [-0.39, 0.29) is 14.9 Å². The zero-order valence-electron chi connectivity index (χ0n) is 10.5. The number of allylic oxidation sites excluding steroid dienone is 1. The molecule has 1 aliphatic carbocycles. The molecule has 0 aromatic heterocycles. The fourth-order valence-electron chi connectivity index (χ4n) is 2.95. The number of fused-ring (bicyclic) bond motifs is 6. The molecule has 0 saturated heterocycles. The van der Waals surface area contributed by atoms with Crippen molar-refractivity contribution in [1.82, 2.24) is 0 Å². The third-order valence-electron chi connectivity index (χ3n) is 3.69. The van der Waals surface area contributed by atoms with Crippen molar-refractivity contribution in [1.29, 1.82) is 0 Å². The molecule has 4 rings (SSSR count). The van der Waals surface area contributed by atoms with Crippen LogP contribution in [-0.4, -0.2) is 0 Å². The molecule has 3 aromatic carbocycles. The first-order valence-electron chi connectivity index (χ1n) is 6.04. The minimum atomic E-state index is 0. The monoisotopic (exact) mass is 240 g/mol. The van der Waals surface area contributed by atoms with Crippen molar-refractivity contribution >= 4 is 27.6 Å². The van der Waals surface area contributed by atoms with Crippen LogP contribution in [-0.2, 0) is 6.42 Å². The highest BCUT2D eigenvalue weighted by Gasteiger charge is 2.13. The third-order valence-corrected chi connectivity index (χ3v) is 3.69. The topological polar surface area (TPSA) is 0 Å². The van der Waals surface area contributed by atoms with Gasteiger partial charge >= 0.3 is 0 Å². The summed E-state index contributed by atoms with van der Waals surface area (Å²) in [6, 6.07) is 17.5. The summed E-state index contributed by atoms with van der Waals surface area (Å²) in [4.78, 5) is 0. The van der Waals surface area contributed by atoms with E-state index < -0.39 is 0 Å². The number of hydrogen-bond donors (Lipinski definition) is 0.